The lowest BCUT2D eigenvalue weighted by molar-refractivity contribution is -0.121. The third-order valence-electron chi connectivity index (χ3n) is 3.27. The van der Waals surface area contributed by atoms with Crippen LogP contribution in [0.15, 0.2) is 65.9 Å². The molecule has 1 heterocycles. The first-order valence-electron chi connectivity index (χ1n) is 6.84. The van der Waals surface area contributed by atoms with Crippen molar-refractivity contribution in [1.29, 1.82) is 0 Å². The van der Waals surface area contributed by atoms with Crippen LogP contribution in [-0.4, -0.2) is 16.7 Å². The van der Waals surface area contributed by atoms with Gasteiger partial charge in [-0.05, 0) is 35.2 Å². The molecule has 0 unspecified atom stereocenters. The van der Waals surface area contributed by atoms with E-state index in [1.54, 1.807) is 12.1 Å². The second-order valence-electron chi connectivity index (χ2n) is 4.85. The van der Waals surface area contributed by atoms with Crippen molar-refractivity contribution in [2.24, 2.45) is 5.10 Å². The Balaban J connectivity index is 1.62. The van der Waals surface area contributed by atoms with Crippen molar-refractivity contribution in [2.75, 3.05) is 0 Å². The van der Waals surface area contributed by atoms with Gasteiger partial charge in [-0.15, -0.1) is 0 Å². The van der Waals surface area contributed by atoms with E-state index >= 15 is 0 Å². The summed E-state index contributed by atoms with van der Waals surface area (Å²) in [6.07, 6.45) is 3.35. The molecular formula is C17H14FN3O. The summed E-state index contributed by atoms with van der Waals surface area (Å²) in [5.41, 5.74) is 4.18. The molecule has 0 radical (unpaired) electrons. The summed E-state index contributed by atoms with van der Waals surface area (Å²) < 4.78 is 14.6. The van der Waals surface area contributed by atoms with Gasteiger partial charge in [0.2, 0.25) is 0 Å². The van der Waals surface area contributed by atoms with Crippen LogP contribution >= 0.6 is 0 Å². The van der Waals surface area contributed by atoms with E-state index in [2.05, 4.69) is 10.5 Å². The zero-order valence-corrected chi connectivity index (χ0v) is 11.7. The smallest absolute Gasteiger partial charge is 0.259 e. The van der Waals surface area contributed by atoms with Crippen LogP contribution in [0.3, 0.4) is 0 Å². The average Bonchev–Trinajstić information content (AvgIpc) is 2.93. The van der Waals surface area contributed by atoms with Crippen molar-refractivity contribution in [3.05, 3.63) is 72.2 Å². The molecule has 0 bridgehead atoms. The van der Waals surface area contributed by atoms with Gasteiger partial charge in [0.25, 0.3) is 5.91 Å². The highest BCUT2D eigenvalue weighted by Gasteiger charge is 2.04. The fraction of sp³-hybridized carbons (Fsp3) is 0.0588. The number of aromatic nitrogens is 1. The van der Waals surface area contributed by atoms with Crippen molar-refractivity contribution < 1.29 is 9.18 Å². The third kappa shape index (κ3) is 3.20. The number of hydrogen-bond donors (Lipinski definition) is 1. The Kier molecular flexibility index (Phi) is 3.96. The molecule has 1 aromatic heterocycles. The molecule has 0 fully saturated rings. The summed E-state index contributed by atoms with van der Waals surface area (Å²) >= 11 is 0. The largest absolute Gasteiger partial charge is 0.338 e. The van der Waals surface area contributed by atoms with E-state index in [0.29, 0.717) is 5.56 Å². The molecule has 3 rings (SSSR count). The minimum absolute atomic E-state index is 0.189. The minimum Gasteiger partial charge on any atom is -0.338 e. The Morgan fingerprint density at radius 1 is 1.14 bits per heavy atom. The molecule has 5 heteroatoms. The average molecular weight is 295 g/mol. The summed E-state index contributed by atoms with van der Waals surface area (Å²) in [6, 6.07) is 15.7. The summed E-state index contributed by atoms with van der Waals surface area (Å²) in [5, 5.41) is 4.96. The SMILES string of the molecule is O=C(Cn1ccc2ccccc21)N/N=C/c1ccc(F)cc1. The molecule has 0 spiro atoms. The predicted molar refractivity (Wildman–Crippen MR) is 84.1 cm³/mol. The minimum atomic E-state index is -0.305. The third-order valence-corrected chi connectivity index (χ3v) is 3.27. The highest BCUT2D eigenvalue weighted by atomic mass is 19.1. The van der Waals surface area contributed by atoms with Gasteiger partial charge in [0.1, 0.15) is 12.4 Å². The zero-order valence-electron chi connectivity index (χ0n) is 11.7. The summed E-state index contributed by atoms with van der Waals surface area (Å²) in [4.78, 5) is 11.9. The molecule has 4 nitrogen and oxygen atoms in total. The quantitative estimate of drug-likeness (QED) is 0.584. The molecule has 0 atom stereocenters. The van der Waals surface area contributed by atoms with Crippen LogP contribution in [0.4, 0.5) is 4.39 Å². The van der Waals surface area contributed by atoms with Gasteiger partial charge in [0, 0.05) is 11.7 Å². The number of fused-ring (bicyclic) bond motifs is 1. The molecule has 0 saturated carbocycles. The van der Waals surface area contributed by atoms with Crippen molar-refractivity contribution in [2.45, 2.75) is 6.54 Å². The van der Waals surface area contributed by atoms with Crippen molar-refractivity contribution in [1.82, 2.24) is 9.99 Å². The maximum atomic E-state index is 12.8. The fourth-order valence-corrected chi connectivity index (χ4v) is 2.20. The fourth-order valence-electron chi connectivity index (χ4n) is 2.20. The molecule has 3 aromatic rings. The summed E-state index contributed by atoms with van der Waals surface area (Å²) in [6.45, 7) is 0.189. The second-order valence-corrected chi connectivity index (χ2v) is 4.85. The number of carbonyl (C=O) groups is 1. The van der Waals surface area contributed by atoms with Gasteiger partial charge < -0.3 is 4.57 Å². The number of hydrogen-bond acceptors (Lipinski definition) is 2. The molecule has 1 N–H and O–H groups in total. The first-order valence-corrected chi connectivity index (χ1v) is 6.84. The number of benzene rings is 2. The van der Waals surface area contributed by atoms with Gasteiger partial charge in [-0.3, -0.25) is 4.79 Å². The van der Waals surface area contributed by atoms with E-state index in [1.807, 2.05) is 41.1 Å². The van der Waals surface area contributed by atoms with Gasteiger partial charge in [-0.25, -0.2) is 9.82 Å². The summed E-state index contributed by atoms with van der Waals surface area (Å²) in [5.74, 6) is -0.527. The van der Waals surface area contributed by atoms with Crippen LogP contribution in [-0.2, 0) is 11.3 Å². The molecule has 0 aliphatic rings. The van der Waals surface area contributed by atoms with Crippen LogP contribution in [0, 0.1) is 5.82 Å². The van der Waals surface area contributed by atoms with Gasteiger partial charge in [0.15, 0.2) is 0 Å². The molecule has 0 aliphatic heterocycles. The lowest BCUT2D eigenvalue weighted by Crippen LogP contribution is -2.22. The highest BCUT2D eigenvalue weighted by Crippen LogP contribution is 2.14. The first kappa shape index (κ1) is 14.0. The van der Waals surface area contributed by atoms with Crippen LogP contribution in [0.5, 0.6) is 0 Å². The van der Waals surface area contributed by atoms with E-state index in [4.69, 9.17) is 0 Å². The number of nitrogens with zero attached hydrogens (tertiary/aromatic N) is 2. The standard InChI is InChI=1S/C17H14FN3O/c18-15-7-5-13(6-8-15)11-19-20-17(22)12-21-10-9-14-3-1-2-4-16(14)21/h1-11H,12H2,(H,20,22)/b19-11+. The van der Waals surface area contributed by atoms with Crippen LogP contribution in [0.1, 0.15) is 5.56 Å². The number of rotatable bonds is 4. The molecule has 0 aliphatic carbocycles. The van der Waals surface area contributed by atoms with E-state index in [9.17, 15) is 9.18 Å². The van der Waals surface area contributed by atoms with Crippen LogP contribution in [0.25, 0.3) is 10.9 Å². The number of hydrazone groups is 1. The number of amides is 1. The molecular weight excluding hydrogens is 281 g/mol. The Morgan fingerprint density at radius 3 is 2.73 bits per heavy atom. The van der Waals surface area contributed by atoms with Gasteiger partial charge in [-0.1, -0.05) is 30.3 Å². The Morgan fingerprint density at radius 2 is 1.91 bits per heavy atom. The van der Waals surface area contributed by atoms with E-state index < -0.39 is 0 Å². The predicted octanol–water partition coefficient (Wildman–Crippen LogP) is 2.93. The molecule has 2 aromatic carbocycles. The normalized spacial score (nSPS) is 11.1. The summed E-state index contributed by atoms with van der Waals surface area (Å²) in [7, 11) is 0. The molecule has 0 saturated heterocycles. The zero-order chi connectivity index (χ0) is 15.4. The molecule has 22 heavy (non-hydrogen) atoms. The Hall–Kier alpha value is -2.95. The number of carbonyl (C=O) groups excluding carboxylic acids is 1. The first-order chi connectivity index (χ1) is 10.7. The van der Waals surface area contributed by atoms with E-state index in [1.165, 1.54) is 18.3 Å². The van der Waals surface area contributed by atoms with Crippen molar-refractivity contribution in [3.8, 4) is 0 Å². The van der Waals surface area contributed by atoms with Crippen LogP contribution in [0.2, 0.25) is 0 Å². The van der Waals surface area contributed by atoms with E-state index in [0.717, 1.165) is 10.9 Å². The maximum absolute atomic E-state index is 12.8. The molecule has 1 amide bonds. The van der Waals surface area contributed by atoms with Crippen LogP contribution < -0.4 is 5.43 Å². The molecule has 110 valence electrons. The monoisotopic (exact) mass is 295 g/mol. The van der Waals surface area contributed by atoms with Gasteiger partial charge in [-0.2, -0.15) is 5.10 Å². The topological polar surface area (TPSA) is 46.4 Å². The number of halogens is 1. The van der Waals surface area contributed by atoms with Crippen molar-refractivity contribution in [3.63, 3.8) is 0 Å². The Labute approximate surface area is 126 Å². The number of para-hydroxylation sites is 1. The lowest BCUT2D eigenvalue weighted by atomic mass is 10.2. The highest BCUT2D eigenvalue weighted by molar-refractivity contribution is 5.84. The second kappa shape index (κ2) is 6.22. The van der Waals surface area contributed by atoms with E-state index in [-0.39, 0.29) is 18.3 Å². The van der Waals surface area contributed by atoms with Gasteiger partial charge in [0.05, 0.1) is 6.21 Å². The lowest BCUT2D eigenvalue weighted by Gasteiger charge is -2.03. The van der Waals surface area contributed by atoms with Crippen molar-refractivity contribution >= 4 is 23.0 Å². The number of nitrogens with one attached hydrogen (secondary N) is 1. The maximum Gasteiger partial charge on any atom is 0.259 e. The Bertz CT molecular complexity index is 821. The van der Waals surface area contributed by atoms with Gasteiger partial charge >= 0.3 is 0 Å².